The van der Waals surface area contributed by atoms with E-state index in [2.05, 4.69) is 10.2 Å². The number of phenolic OH excluding ortho intramolecular Hbond substituents is 1. The summed E-state index contributed by atoms with van der Waals surface area (Å²) >= 11 is 8.90. The van der Waals surface area contributed by atoms with Crippen LogP contribution in [0.3, 0.4) is 0 Å². The van der Waals surface area contributed by atoms with Gasteiger partial charge >= 0.3 is 0 Å². The van der Waals surface area contributed by atoms with Crippen molar-refractivity contribution in [1.29, 1.82) is 0 Å². The zero-order chi connectivity index (χ0) is 15.6. The fraction of sp³-hybridized carbons (Fsp3) is 0.308. The van der Waals surface area contributed by atoms with Gasteiger partial charge in [-0.2, -0.15) is 0 Å². The molecule has 1 N–H and O–H groups in total. The van der Waals surface area contributed by atoms with Gasteiger partial charge in [-0.1, -0.05) is 34.7 Å². The molecule has 112 valence electrons. The van der Waals surface area contributed by atoms with Crippen LogP contribution >= 0.6 is 34.7 Å². The molecule has 1 heterocycles. The Morgan fingerprint density at radius 3 is 2.71 bits per heavy atom. The predicted molar refractivity (Wildman–Crippen MR) is 86.9 cm³/mol. The molecule has 0 aliphatic rings. The Bertz CT molecular complexity index is 673. The number of nitrogens with zero attached hydrogens (tertiary/aromatic N) is 3. The van der Waals surface area contributed by atoms with Crippen LogP contribution in [0.4, 0.5) is 5.13 Å². The van der Waals surface area contributed by atoms with Crippen LogP contribution in [0.15, 0.2) is 16.5 Å². The third-order valence-electron chi connectivity index (χ3n) is 2.66. The number of hydrogen-bond acceptors (Lipinski definition) is 7. The molecular formula is C13H14ClN3O2S2. The standard InChI is InChI=1S/C13H14ClN3O2S2/c1-7(18)10-5-9(14)4-8(11(10)19)6-20-13-16-15-12(21-13)17(2)3/h4-5,19H,6H2,1-3H3. The van der Waals surface area contributed by atoms with Crippen LogP contribution in [-0.4, -0.2) is 35.2 Å². The molecule has 21 heavy (non-hydrogen) atoms. The number of rotatable bonds is 5. The van der Waals surface area contributed by atoms with Crippen LogP contribution < -0.4 is 4.90 Å². The second-order valence-corrected chi connectivity index (χ2v) is 7.17. The van der Waals surface area contributed by atoms with Crippen LogP contribution in [0, 0.1) is 0 Å². The highest BCUT2D eigenvalue weighted by atomic mass is 35.5. The van der Waals surface area contributed by atoms with Crippen molar-refractivity contribution in [2.75, 3.05) is 19.0 Å². The van der Waals surface area contributed by atoms with Crippen molar-refractivity contribution in [3.05, 3.63) is 28.3 Å². The van der Waals surface area contributed by atoms with Gasteiger partial charge in [0.05, 0.1) is 5.56 Å². The van der Waals surface area contributed by atoms with Gasteiger partial charge in [-0.3, -0.25) is 4.79 Å². The summed E-state index contributed by atoms with van der Waals surface area (Å²) in [6, 6.07) is 3.13. The molecule has 0 amide bonds. The number of carbonyl (C=O) groups excluding carboxylic acids is 1. The molecule has 0 aliphatic carbocycles. The van der Waals surface area contributed by atoms with Crippen molar-refractivity contribution in [3.8, 4) is 5.75 Å². The number of Topliss-reactive ketones (excluding diaryl/α,β-unsaturated/α-hetero) is 1. The van der Waals surface area contributed by atoms with E-state index in [1.165, 1.54) is 36.1 Å². The summed E-state index contributed by atoms with van der Waals surface area (Å²) in [6.07, 6.45) is 0. The first kappa shape index (κ1) is 16.1. The maximum Gasteiger partial charge on any atom is 0.208 e. The van der Waals surface area contributed by atoms with Crippen molar-refractivity contribution < 1.29 is 9.90 Å². The van der Waals surface area contributed by atoms with Crippen molar-refractivity contribution in [2.45, 2.75) is 17.0 Å². The van der Waals surface area contributed by atoms with Crippen LogP contribution in [-0.2, 0) is 5.75 Å². The second-order valence-electron chi connectivity index (χ2n) is 4.55. The summed E-state index contributed by atoms with van der Waals surface area (Å²) < 4.78 is 0.794. The van der Waals surface area contributed by atoms with Crippen LogP contribution in [0.5, 0.6) is 5.75 Å². The molecule has 2 aromatic rings. The first-order valence-corrected chi connectivity index (χ1v) is 8.22. The van der Waals surface area contributed by atoms with Gasteiger partial charge in [0.1, 0.15) is 5.75 Å². The number of ketones is 1. The third-order valence-corrected chi connectivity index (χ3v) is 5.15. The first-order chi connectivity index (χ1) is 9.88. The monoisotopic (exact) mass is 343 g/mol. The molecule has 0 fully saturated rings. The maximum absolute atomic E-state index is 11.5. The number of hydrogen-bond donors (Lipinski definition) is 1. The Labute approximate surface area is 136 Å². The van der Waals surface area contributed by atoms with Gasteiger partial charge in [0, 0.05) is 30.4 Å². The number of carbonyl (C=O) groups is 1. The van der Waals surface area contributed by atoms with Crippen molar-refractivity contribution in [3.63, 3.8) is 0 Å². The summed E-state index contributed by atoms with van der Waals surface area (Å²) in [4.78, 5) is 13.4. The molecule has 0 bridgehead atoms. The molecule has 0 spiro atoms. The van der Waals surface area contributed by atoms with Gasteiger partial charge < -0.3 is 10.0 Å². The van der Waals surface area contributed by atoms with E-state index in [9.17, 15) is 9.90 Å². The fourth-order valence-corrected chi connectivity index (χ4v) is 3.59. The number of aromatic hydroxyl groups is 1. The summed E-state index contributed by atoms with van der Waals surface area (Å²) in [6.45, 7) is 1.40. The number of phenols is 1. The van der Waals surface area contributed by atoms with Crippen molar-refractivity contribution >= 4 is 45.6 Å². The van der Waals surface area contributed by atoms with E-state index in [0.717, 1.165) is 9.47 Å². The Morgan fingerprint density at radius 2 is 2.14 bits per heavy atom. The van der Waals surface area contributed by atoms with E-state index in [1.807, 2.05) is 19.0 Å². The average Bonchev–Trinajstić information content (AvgIpc) is 2.88. The lowest BCUT2D eigenvalue weighted by molar-refractivity contribution is 0.101. The molecule has 0 atom stereocenters. The zero-order valence-corrected chi connectivity index (χ0v) is 14.1. The maximum atomic E-state index is 11.5. The van der Waals surface area contributed by atoms with Crippen LogP contribution in [0.1, 0.15) is 22.8 Å². The highest BCUT2D eigenvalue weighted by Crippen LogP contribution is 2.34. The van der Waals surface area contributed by atoms with E-state index in [-0.39, 0.29) is 17.1 Å². The lowest BCUT2D eigenvalue weighted by Crippen LogP contribution is -2.07. The Hall–Kier alpha value is -1.31. The number of benzene rings is 1. The molecule has 1 aromatic heterocycles. The third kappa shape index (κ3) is 3.87. The SMILES string of the molecule is CC(=O)c1cc(Cl)cc(CSc2nnc(N(C)C)s2)c1O. The van der Waals surface area contributed by atoms with Crippen LogP contribution in [0.25, 0.3) is 0 Å². The van der Waals surface area contributed by atoms with Crippen molar-refractivity contribution in [2.24, 2.45) is 0 Å². The van der Waals surface area contributed by atoms with E-state index < -0.39 is 0 Å². The van der Waals surface area contributed by atoms with Gasteiger partial charge in [-0.05, 0) is 19.1 Å². The molecule has 0 aliphatic heterocycles. The fourth-order valence-electron chi connectivity index (χ4n) is 1.62. The Kier molecular flexibility index (Phi) is 5.08. The van der Waals surface area contributed by atoms with E-state index >= 15 is 0 Å². The lowest BCUT2D eigenvalue weighted by atomic mass is 10.1. The smallest absolute Gasteiger partial charge is 0.208 e. The second kappa shape index (κ2) is 6.64. The number of anilines is 1. The molecule has 0 unspecified atom stereocenters. The molecule has 1 aromatic carbocycles. The molecule has 5 nitrogen and oxygen atoms in total. The topological polar surface area (TPSA) is 66.3 Å². The van der Waals surface area contributed by atoms with Gasteiger partial charge in [0.2, 0.25) is 5.13 Å². The minimum Gasteiger partial charge on any atom is -0.507 e. The first-order valence-electron chi connectivity index (χ1n) is 6.04. The highest BCUT2D eigenvalue weighted by Gasteiger charge is 2.14. The summed E-state index contributed by atoms with van der Waals surface area (Å²) in [5.41, 5.74) is 0.851. The molecule has 8 heteroatoms. The van der Waals surface area contributed by atoms with Gasteiger partial charge in [0.25, 0.3) is 0 Å². The quantitative estimate of drug-likeness (QED) is 0.662. The molecule has 0 saturated carbocycles. The number of aromatic nitrogens is 2. The Morgan fingerprint density at radius 1 is 1.43 bits per heavy atom. The van der Waals surface area contributed by atoms with Crippen molar-refractivity contribution in [1.82, 2.24) is 10.2 Å². The number of thioether (sulfide) groups is 1. The summed E-state index contributed by atoms with van der Waals surface area (Å²) in [5, 5.41) is 19.5. The molecular weight excluding hydrogens is 330 g/mol. The van der Waals surface area contributed by atoms with Gasteiger partial charge in [0.15, 0.2) is 10.1 Å². The molecule has 2 rings (SSSR count). The molecule has 0 saturated heterocycles. The van der Waals surface area contributed by atoms with E-state index in [4.69, 9.17) is 11.6 Å². The summed E-state index contributed by atoms with van der Waals surface area (Å²) in [7, 11) is 3.80. The normalized spacial score (nSPS) is 10.7. The molecule has 0 radical (unpaired) electrons. The van der Waals surface area contributed by atoms with Gasteiger partial charge in [-0.15, -0.1) is 10.2 Å². The van der Waals surface area contributed by atoms with E-state index in [0.29, 0.717) is 16.3 Å². The largest absolute Gasteiger partial charge is 0.507 e. The Balaban J connectivity index is 2.17. The summed E-state index contributed by atoms with van der Waals surface area (Å²) in [5.74, 6) is 0.234. The highest BCUT2D eigenvalue weighted by molar-refractivity contribution is 8.00. The lowest BCUT2D eigenvalue weighted by Gasteiger charge is -2.08. The van der Waals surface area contributed by atoms with E-state index in [1.54, 1.807) is 6.07 Å². The minimum absolute atomic E-state index is 0.0169. The predicted octanol–water partition coefficient (Wildman–Crippen LogP) is 3.46. The zero-order valence-electron chi connectivity index (χ0n) is 11.8. The van der Waals surface area contributed by atoms with Crippen LogP contribution in [0.2, 0.25) is 5.02 Å². The minimum atomic E-state index is -0.216. The average molecular weight is 344 g/mol. The van der Waals surface area contributed by atoms with Gasteiger partial charge in [-0.25, -0.2) is 0 Å². The number of halogens is 1.